The molecule has 2 aromatic rings. The number of rotatable bonds is 4. The second kappa shape index (κ2) is 6.55. The summed E-state index contributed by atoms with van der Waals surface area (Å²) >= 11 is 10.7. The molecular formula is C14H9BrClFOS. The van der Waals surface area contributed by atoms with E-state index in [2.05, 4.69) is 15.9 Å². The molecule has 0 atom stereocenters. The van der Waals surface area contributed by atoms with Crippen LogP contribution in [0, 0.1) is 5.82 Å². The van der Waals surface area contributed by atoms with Gasteiger partial charge in [-0.05, 0) is 46.3 Å². The maximum Gasteiger partial charge on any atom is 0.174 e. The lowest BCUT2D eigenvalue weighted by atomic mass is 10.1. The van der Waals surface area contributed by atoms with Gasteiger partial charge in [-0.25, -0.2) is 4.39 Å². The normalized spacial score (nSPS) is 10.5. The van der Waals surface area contributed by atoms with Crippen molar-refractivity contribution in [2.45, 2.75) is 4.90 Å². The molecule has 0 aliphatic heterocycles. The van der Waals surface area contributed by atoms with Gasteiger partial charge in [0.05, 0.1) is 10.8 Å². The lowest BCUT2D eigenvalue weighted by molar-refractivity contribution is 0.102. The van der Waals surface area contributed by atoms with Gasteiger partial charge in [-0.15, -0.1) is 11.8 Å². The van der Waals surface area contributed by atoms with Gasteiger partial charge in [-0.2, -0.15) is 0 Å². The van der Waals surface area contributed by atoms with E-state index >= 15 is 0 Å². The third-order valence-electron chi connectivity index (χ3n) is 2.42. The van der Waals surface area contributed by atoms with E-state index in [0.717, 1.165) is 9.37 Å². The van der Waals surface area contributed by atoms with Crippen molar-refractivity contribution in [2.24, 2.45) is 0 Å². The molecule has 2 aromatic carbocycles. The van der Waals surface area contributed by atoms with E-state index in [1.54, 1.807) is 0 Å². The molecule has 0 saturated carbocycles. The second-order valence-corrected chi connectivity index (χ2v) is 6.05. The van der Waals surface area contributed by atoms with Crippen molar-refractivity contribution in [1.29, 1.82) is 0 Å². The Balaban J connectivity index is 2.10. The highest BCUT2D eigenvalue weighted by Gasteiger charge is 2.12. The number of halogens is 3. The van der Waals surface area contributed by atoms with Crippen LogP contribution in [0.2, 0.25) is 5.02 Å². The summed E-state index contributed by atoms with van der Waals surface area (Å²) in [7, 11) is 0. The van der Waals surface area contributed by atoms with E-state index in [9.17, 15) is 9.18 Å². The van der Waals surface area contributed by atoms with Gasteiger partial charge in [0.2, 0.25) is 0 Å². The molecule has 0 fully saturated rings. The first-order chi connectivity index (χ1) is 9.08. The van der Waals surface area contributed by atoms with E-state index in [0.29, 0.717) is 0 Å². The predicted molar refractivity (Wildman–Crippen MR) is 80.6 cm³/mol. The molecule has 0 bridgehead atoms. The number of hydrogen-bond acceptors (Lipinski definition) is 2. The summed E-state index contributed by atoms with van der Waals surface area (Å²) in [5.74, 6) is -0.435. The summed E-state index contributed by atoms with van der Waals surface area (Å²) in [6, 6.07) is 11.4. The fraction of sp³-hybridized carbons (Fsp3) is 0.0714. The van der Waals surface area contributed by atoms with Crippen molar-refractivity contribution < 1.29 is 9.18 Å². The Bertz CT molecular complexity index is 618. The first-order valence-electron chi connectivity index (χ1n) is 5.43. The number of ketones is 1. The Kier molecular flexibility index (Phi) is 5.02. The maximum atomic E-state index is 13.1. The van der Waals surface area contributed by atoms with Gasteiger partial charge in [0.15, 0.2) is 5.78 Å². The van der Waals surface area contributed by atoms with Crippen molar-refractivity contribution in [3.05, 3.63) is 63.3 Å². The van der Waals surface area contributed by atoms with Gasteiger partial charge in [-0.3, -0.25) is 4.79 Å². The molecule has 1 nitrogen and oxygen atoms in total. The van der Waals surface area contributed by atoms with Gasteiger partial charge < -0.3 is 0 Å². The average molecular weight is 360 g/mol. The number of thioether (sulfide) groups is 1. The monoisotopic (exact) mass is 358 g/mol. The van der Waals surface area contributed by atoms with E-state index in [1.807, 2.05) is 24.3 Å². The molecule has 0 amide bonds. The standard InChI is InChI=1S/C14H9BrClFOS/c15-11-3-1-2-4-14(11)19-8-13(18)10-7-9(17)5-6-12(10)16/h1-7H,8H2. The van der Waals surface area contributed by atoms with Crippen molar-refractivity contribution >= 4 is 45.1 Å². The second-order valence-electron chi connectivity index (χ2n) is 3.77. The Morgan fingerprint density at radius 2 is 2.00 bits per heavy atom. The molecule has 2 rings (SSSR count). The van der Waals surface area contributed by atoms with Crippen LogP contribution in [-0.2, 0) is 0 Å². The fourth-order valence-electron chi connectivity index (χ4n) is 1.49. The van der Waals surface area contributed by atoms with Crippen molar-refractivity contribution in [3.63, 3.8) is 0 Å². The number of Topliss-reactive ketones (excluding diaryl/α,β-unsaturated/α-hetero) is 1. The highest BCUT2D eigenvalue weighted by Crippen LogP contribution is 2.28. The van der Waals surface area contributed by atoms with Crippen molar-refractivity contribution in [2.75, 3.05) is 5.75 Å². The zero-order valence-corrected chi connectivity index (χ0v) is 12.9. The molecule has 19 heavy (non-hydrogen) atoms. The number of hydrogen-bond donors (Lipinski definition) is 0. The third kappa shape index (κ3) is 3.81. The molecular weight excluding hydrogens is 351 g/mol. The van der Waals surface area contributed by atoms with Crippen LogP contribution in [0.3, 0.4) is 0 Å². The fourth-order valence-corrected chi connectivity index (χ4v) is 3.17. The lowest BCUT2D eigenvalue weighted by Gasteiger charge is -2.05. The number of carbonyl (C=O) groups is 1. The topological polar surface area (TPSA) is 17.1 Å². The summed E-state index contributed by atoms with van der Waals surface area (Å²) < 4.78 is 14.0. The highest BCUT2D eigenvalue weighted by atomic mass is 79.9. The number of carbonyl (C=O) groups excluding carboxylic acids is 1. The van der Waals surface area contributed by atoms with Crippen LogP contribution in [0.4, 0.5) is 4.39 Å². The quantitative estimate of drug-likeness (QED) is 0.550. The van der Waals surface area contributed by atoms with Crippen LogP contribution in [0.15, 0.2) is 51.8 Å². The van der Waals surface area contributed by atoms with Crippen molar-refractivity contribution in [3.8, 4) is 0 Å². The van der Waals surface area contributed by atoms with Gasteiger partial charge >= 0.3 is 0 Å². The largest absolute Gasteiger partial charge is 0.293 e. The molecule has 0 aliphatic carbocycles. The molecule has 0 unspecified atom stereocenters. The summed E-state index contributed by atoms with van der Waals surface area (Å²) in [4.78, 5) is 13.0. The van der Waals surface area contributed by atoms with E-state index in [-0.39, 0.29) is 22.1 Å². The van der Waals surface area contributed by atoms with Crippen LogP contribution in [0.25, 0.3) is 0 Å². The van der Waals surface area contributed by atoms with Crippen LogP contribution in [0.1, 0.15) is 10.4 Å². The third-order valence-corrected chi connectivity index (χ3v) is 4.78. The smallest absolute Gasteiger partial charge is 0.174 e. The molecule has 0 heterocycles. The molecule has 5 heteroatoms. The zero-order chi connectivity index (χ0) is 13.8. The van der Waals surface area contributed by atoms with Crippen LogP contribution in [0.5, 0.6) is 0 Å². The summed E-state index contributed by atoms with van der Waals surface area (Å²) in [5.41, 5.74) is 0.223. The molecule has 0 N–H and O–H groups in total. The van der Waals surface area contributed by atoms with Gasteiger partial charge in [-0.1, -0.05) is 23.7 Å². The maximum absolute atomic E-state index is 13.1. The average Bonchev–Trinajstić information content (AvgIpc) is 2.40. The van der Waals surface area contributed by atoms with Gasteiger partial charge in [0.1, 0.15) is 5.82 Å². The zero-order valence-electron chi connectivity index (χ0n) is 9.70. The first-order valence-corrected chi connectivity index (χ1v) is 7.59. The van der Waals surface area contributed by atoms with E-state index in [4.69, 9.17) is 11.6 Å². The predicted octanol–water partition coefficient (Wildman–Crippen LogP) is 5.22. The molecule has 98 valence electrons. The molecule has 0 radical (unpaired) electrons. The first kappa shape index (κ1) is 14.6. The summed E-state index contributed by atoms with van der Waals surface area (Å²) in [6.45, 7) is 0. The van der Waals surface area contributed by atoms with Gasteiger partial charge in [0.25, 0.3) is 0 Å². The summed E-state index contributed by atoms with van der Waals surface area (Å²) in [5, 5.41) is 0.277. The molecule has 0 aliphatic rings. The summed E-state index contributed by atoms with van der Waals surface area (Å²) in [6.07, 6.45) is 0. The molecule has 0 spiro atoms. The van der Waals surface area contributed by atoms with Crippen LogP contribution < -0.4 is 0 Å². The molecule has 0 aromatic heterocycles. The van der Waals surface area contributed by atoms with E-state index < -0.39 is 5.82 Å². The van der Waals surface area contributed by atoms with Gasteiger partial charge in [0, 0.05) is 14.9 Å². The van der Waals surface area contributed by atoms with Crippen molar-refractivity contribution in [1.82, 2.24) is 0 Å². The molecule has 0 saturated heterocycles. The van der Waals surface area contributed by atoms with Crippen LogP contribution >= 0.6 is 39.3 Å². The minimum absolute atomic E-state index is 0.190. The van der Waals surface area contributed by atoms with Crippen LogP contribution in [-0.4, -0.2) is 11.5 Å². The minimum Gasteiger partial charge on any atom is -0.293 e. The Morgan fingerprint density at radius 1 is 1.26 bits per heavy atom. The Morgan fingerprint density at radius 3 is 2.74 bits per heavy atom. The highest BCUT2D eigenvalue weighted by molar-refractivity contribution is 9.10. The Hall–Kier alpha value is -0.840. The lowest BCUT2D eigenvalue weighted by Crippen LogP contribution is -2.04. The van der Waals surface area contributed by atoms with E-state index in [1.165, 1.54) is 30.0 Å². The SMILES string of the molecule is O=C(CSc1ccccc1Br)c1cc(F)ccc1Cl. The Labute approximate surface area is 128 Å². The number of benzene rings is 2. The minimum atomic E-state index is -0.460.